The van der Waals surface area contributed by atoms with Gasteiger partial charge in [-0.15, -0.1) is 26.3 Å². The number of carbonyl (C=O) groups is 6. The van der Waals surface area contributed by atoms with E-state index >= 15 is 0 Å². The van der Waals surface area contributed by atoms with Gasteiger partial charge in [0.2, 0.25) is 24.0 Å². The molecule has 21 nitrogen and oxygen atoms in total. The molecule has 4 aliphatic heterocycles. The third-order valence-electron chi connectivity index (χ3n) is 20.9. The molecule has 1 unspecified atom stereocenters. The van der Waals surface area contributed by atoms with Crippen molar-refractivity contribution in [2.24, 2.45) is 0 Å². The first-order valence-corrected chi connectivity index (χ1v) is 37.3. The Bertz CT molecular complexity index is 5670. The second-order valence-electron chi connectivity index (χ2n) is 30.3. The third-order valence-corrected chi connectivity index (χ3v) is 21.3. The Morgan fingerprint density at radius 3 is 1.11 bits per heavy atom. The molecule has 3 aliphatic carbocycles. The van der Waals surface area contributed by atoms with E-state index in [9.17, 15) is 108 Å². The highest BCUT2D eigenvalue weighted by molar-refractivity contribution is 6.62. The van der Waals surface area contributed by atoms with Gasteiger partial charge in [-0.05, 0) is 198 Å². The maximum atomic E-state index is 13.4. The summed E-state index contributed by atoms with van der Waals surface area (Å²) in [6.45, 7) is 12.6. The molecule has 4 fully saturated rings. The van der Waals surface area contributed by atoms with Crippen molar-refractivity contribution in [3.63, 3.8) is 0 Å². The summed E-state index contributed by atoms with van der Waals surface area (Å²) in [7, 11) is -0.795. The van der Waals surface area contributed by atoms with E-state index in [-0.39, 0.29) is 63.2 Å². The van der Waals surface area contributed by atoms with Crippen LogP contribution in [-0.2, 0) is 44.7 Å². The predicted octanol–water partition coefficient (Wildman–Crippen LogP) is 19.0. The van der Waals surface area contributed by atoms with Crippen molar-refractivity contribution in [2.45, 2.75) is 164 Å². The summed E-state index contributed by atoms with van der Waals surface area (Å²) in [4.78, 5) is 83.6. The molecule has 7 aliphatic rings. The first-order chi connectivity index (χ1) is 57.5. The van der Waals surface area contributed by atoms with Crippen molar-refractivity contribution in [1.29, 1.82) is 0 Å². The number of aromatic nitrogens is 3. The van der Waals surface area contributed by atoms with Crippen LogP contribution in [0, 0.1) is 20.8 Å². The van der Waals surface area contributed by atoms with E-state index < -0.39 is 125 Å². The lowest BCUT2D eigenvalue weighted by molar-refractivity contribution is -0.287. The van der Waals surface area contributed by atoms with Crippen LogP contribution in [0.1, 0.15) is 132 Å². The van der Waals surface area contributed by atoms with E-state index in [1.807, 2.05) is 34.6 Å². The Labute approximate surface area is 696 Å². The Kier molecular flexibility index (Phi) is 24.4. The van der Waals surface area contributed by atoms with Crippen molar-refractivity contribution in [1.82, 2.24) is 15.0 Å². The molecule has 3 aromatic heterocycles. The van der Waals surface area contributed by atoms with Crippen LogP contribution in [-0.4, -0.2) is 118 Å². The molecule has 4 N–H and O–H groups in total. The number of halogens is 19. The van der Waals surface area contributed by atoms with Gasteiger partial charge in [0.15, 0.2) is 40.6 Å². The van der Waals surface area contributed by atoms with E-state index in [1.165, 1.54) is 91.0 Å². The Morgan fingerprint density at radius 1 is 0.435 bits per heavy atom. The topological polar surface area (TPSA) is 271 Å². The molecular weight excluding hydrogens is 1710 g/mol. The minimum absolute atomic E-state index is 0.0445. The van der Waals surface area contributed by atoms with E-state index in [0.29, 0.717) is 99.7 Å². The number of ether oxygens (including phenoxy) is 6. The second kappa shape index (κ2) is 33.2. The van der Waals surface area contributed by atoms with E-state index in [0.717, 1.165) is 29.8 Å². The molecule has 9 aromatic rings. The number of Topliss-reactive ketones (excluding diaryl/α,β-unsaturated/α-hetero) is 2. The number of anilines is 3. The van der Waals surface area contributed by atoms with Gasteiger partial charge in [-0.2, -0.15) is 52.7 Å². The number of aryl methyl sites for hydroxylation is 3. The van der Waals surface area contributed by atoms with Crippen molar-refractivity contribution in [3.05, 3.63) is 219 Å². The fraction of sp³-hybridized carbons (Fsp3) is 0.313. The van der Waals surface area contributed by atoms with Crippen LogP contribution in [0.3, 0.4) is 0 Å². The lowest BCUT2D eigenvalue weighted by atomic mass is 9.78. The van der Waals surface area contributed by atoms with Crippen molar-refractivity contribution in [2.75, 3.05) is 16.0 Å². The number of hydrogen-bond acceptors (Lipinski definition) is 18. The quantitative estimate of drug-likeness (QED) is 0.0244. The molecule has 124 heavy (non-hydrogen) atoms. The number of aliphatic hydroxyl groups excluding tert-OH is 1. The molecule has 1 saturated heterocycles. The number of aliphatic hydroxyl groups is 1. The minimum atomic E-state index is -5.01. The van der Waals surface area contributed by atoms with Gasteiger partial charge in [-0.1, -0.05) is 109 Å². The summed E-state index contributed by atoms with van der Waals surface area (Å²) in [5, 5.41) is 18.1. The number of hydrogen-bond donors (Lipinski definition) is 4. The highest BCUT2D eigenvalue weighted by Gasteiger charge is 2.57. The van der Waals surface area contributed by atoms with Gasteiger partial charge in [0.1, 0.15) is 22.6 Å². The maximum absolute atomic E-state index is 13.4. The molecule has 654 valence electrons. The number of fused-ring (bicyclic) bond motifs is 3. The first-order valence-electron chi connectivity index (χ1n) is 37.0. The summed E-state index contributed by atoms with van der Waals surface area (Å²) < 4.78 is 264. The molecule has 16 rings (SSSR count). The zero-order valence-electron chi connectivity index (χ0n) is 65.2. The number of nitrogens with one attached hydrogen (secondary N) is 3. The van der Waals surface area contributed by atoms with Crippen molar-refractivity contribution in [3.8, 4) is 57.0 Å². The molecular formula is C83H66BClF18N6O15. The fourth-order valence-corrected chi connectivity index (χ4v) is 13.3. The predicted molar refractivity (Wildman–Crippen MR) is 405 cm³/mol. The van der Waals surface area contributed by atoms with Crippen molar-refractivity contribution < 1.29 is 151 Å². The molecule has 41 heteroatoms. The largest absolute Gasteiger partial charge is 0.586 e. The average molecular weight is 1780 g/mol. The molecule has 6 aromatic carbocycles. The highest BCUT2D eigenvalue weighted by Crippen LogP contribution is 2.56. The second-order valence-corrected chi connectivity index (χ2v) is 30.7. The van der Waals surface area contributed by atoms with Crippen LogP contribution in [0.15, 0.2) is 164 Å². The van der Waals surface area contributed by atoms with Gasteiger partial charge in [-0.25, -0.2) is 15.0 Å². The average Bonchev–Trinajstić information content (AvgIpc) is 1.59. The number of alkyl halides is 18. The van der Waals surface area contributed by atoms with Gasteiger partial charge >= 0.3 is 50.7 Å². The summed E-state index contributed by atoms with van der Waals surface area (Å²) >= 11 is 5.97. The lowest BCUT2D eigenvalue weighted by Gasteiger charge is -2.32. The van der Waals surface area contributed by atoms with Gasteiger partial charge in [-0.3, -0.25) is 28.8 Å². The van der Waals surface area contributed by atoms with Crippen LogP contribution >= 0.6 is 11.6 Å². The third kappa shape index (κ3) is 20.4. The lowest BCUT2D eigenvalue weighted by Crippen LogP contribution is -2.41. The standard InChI is InChI=1S/C25H19F5N2O4.C25H17F5N2O4.C17H13ClF2N2O3.C14H16BF3O3.C2HF3O/c2*1-13-5-8-19(31-20(13)14-3-2-4-15(11-14)21(33)24(26,27)28)32-22(34)23(9-10-23)16-6-7-17-18(12-16)36-25(29,30)35-17;1-9-2-5-13(21-14(9)18)22-15(23)16(6-7-16)10-3-4-11-12(8-10)25-17(19,20)24-11;1-12(2)13(3,4)21-15(20-12)10-7-5-6-9(8-10)11(19)14(16,17)18;3-2(4,5)1-6/h2-8,11-12,21,33H,9-10H2,1H3,(H,31,32,34);2-8,11-12H,9-10H2,1H3,(H,31,32,34);2-5,8H,6-7H2,1H3,(H,21,22,23);5-8H,1-4H3;1H. The fourth-order valence-electron chi connectivity index (χ4n) is 13.1. The molecule has 0 radical (unpaired) electrons. The summed E-state index contributed by atoms with van der Waals surface area (Å²) in [5.74, 6) is -4.96. The number of benzene rings is 6. The number of aldehydes is 1. The molecule has 0 bridgehead atoms. The van der Waals surface area contributed by atoms with Gasteiger partial charge < -0.3 is 58.8 Å². The monoisotopic (exact) mass is 1770 g/mol. The van der Waals surface area contributed by atoms with E-state index in [4.69, 9.17) is 25.7 Å². The van der Waals surface area contributed by atoms with E-state index in [1.54, 1.807) is 62.4 Å². The summed E-state index contributed by atoms with van der Waals surface area (Å²) in [6.07, 6.45) is -31.2. The zero-order valence-corrected chi connectivity index (χ0v) is 66.0. The number of carbonyl (C=O) groups excluding carboxylic acids is 6. The minimum Gasteiger partial charge on any atom is -0.399 e. The number of pyridine rings is 3. The number of ketones is 2. The first kappa shape index (κ1) is 91.2. The molecule has 3 saturated carbocycles. The summed E-state index contributed by atoms with van der Waals surface area (Å²) in [5.41, 5.74) is 0.0679. The van der Waals surface area contributed by atoms with Crippen LogP contribution in [0.25, 0.3) is 22.5 Å². The molecule has 1 atom stereocenters. The Hall–Kier alpha value is -12.0. The Balaban J connectivity index is 0.000000150. The smallest absolute Gasteiger partial charge is 0.399 e. The van der Waals surface area contributed by atoms with Gasteiger partial charge in [0.05, 0.1) is 38.8 Å². The molecule has 3 amide bonds. The molecule has 0 spiro atoms. The Morgan fingerprint density at radius 2 is 0.766 bits per heavy atom. The normalized spacial score (nSPS) is 17.9. The number of rotatable bonds is 15. The van der Waals surface area contributed by atoms with Crippen molar-refractivity contribution >= 4 is 77.2 Å². The number of nitrogens with zero attached hydrogens (tertiary/aromatic N) is 3. The summed E-state index contributed by atoms with van der Waals surface area (Å²) in [6, 6.07) is 38.2. The van der Waals surface area contributed by atoms with Crippen LogP contribution in [0.2, 0.25) is 5.15 Å². The number of amides is 3. The zero-order chi connectivity index (χ0) is 90.8. The van der Waals surface area contributed by atoms with Crippen LogP contribution < -0.4 is 49.8 Å². The van der Waals surface area contributed by atoms with Crippen LogP contribution in [0.4, 0.5) is 96.5 Å². The van der Waals surface area contributed by atoms with Crippen LogP contribution in [0.5, 0.6) is 34.5 Å². The highest BCUT2D eigenvalue weighted by atomic mass is 35.5. The van der Waals surface area contributed by atoms with E-state index in [2.05, 4.69) is 59.3 Å². The van der Waals surface area contributed by atoms with Gasteiger partial charge in [0.25, 0.3) is 11.6 Å². The molecule has 7 heterocycles. The SMILES string of the molecule is CC1(C)OB(c2cccc(C(=O)C(F)(F)F)c2)OC1(C)C.Cc1ccc(NC(=O)C2(c3ccc4c(c3)OC(F)(F)O4)CC2)nc1-c1cccc(C(=O)C(F)(F)F)c1.Cc1ccc(NC(=O)C2(c3ccc4c(c3)OC(F)(F)O4)CC2)nc1-c1cccc(C(O)C(F)(F)F)c1.Cc1ccc(NC(=O)C2(c3ccc4c(c3)OC(F)(F)O4)CC2)nc1Cl.O=CC(F)(F)F. The van der Waals surface area contributed by atoms with Gasteiger partial charge in [0, 0.05) is 22.3 Å². The maximum Gasteiger partial charge on any atom is 0.586 e.